The molecule has 3 aromatic rings. The van der Waals surface area contributed by atoms with E-state index in [2.05, 4.69) is 4.72 Å². The lowest BCUT2D eigenvalue weighted by molar-refractivity contribution is -0.138. The van der Waals surface area contributed by atoms with Gasteiger partial charge < -0.3 is 5.11 Å². The highest BCUT2D eigenvalue weighted by Crippen LogP contribution is 2.23. The standard InChI is InChI=1S/C21H21NO4S/c1-14-10-11-17(15(2)12-14)13-19(21(23)24)22-27(25,26)20-9-5-7-16-6-3-4-8-18(16)20/h3-12,19,22H,13H2,1-2H3,(H,23,24)/t19-/m0/s1. The van der Waals surface area contributed by atoms with Crippen LogP contribution in [0.5, 0.6) is 0 Å². The highest BCUT2D eigenvalue weighted by molar-refractivity contribution is 7.89. The van der Waals surface area contributed by atoms with E-state index in [0.29, 0.717) is 5.39 Å². The minimum Gasteiger partial charge on any atom is -0.480 e. The van der Waals surface area contributed by atoms with Crippen molar-refractivity contribution < 1.29 is 18.3 Å². The van der Waals surface area contributed by atoms with Crippen molar-refractivity contribution >= 4 is 26.8 Å². The van der Waals surface area contributed by atoms with Crippen molar-refractivity contribution in [1.29, 1.82) is 0 Å². The van der Waals surface area contributed by atoms with Crippen LogP contribution in [0.3, 0.4) is 0 Å². The van der Waals surface area contributed by atoms with E-state index in [1.165, 1.54) is 6.07 Å². The van der Waals surface area contributed by atoms with E-state index in [1.807, 2.05) is 50.2 Å². The van der Waals surface area contributed by atoms with Crippen molar-refractivity contribution in [2.75, 3.05) is 0 Å². The predicted molar refractivity (Wildman–Crippen MR) is 105 cm³/mol. The van der Waals surface area contributed by atoms with Crippen molar-refractivity contribution in [3.05, 3.63) is 77.4 Å². The molecule has 0 radical (unpaired) electrons. The van der Waals surface area contributed by atoms with Crippen LogP contribution in [0.1, 0.15) is 16.7 Å². The summed E-state index contributed by atoms with van der Waals surface area (Å²) in [6.45, 7) is 3.84. The molecule has 0 saturated carbocycles. The molecule has 0 aliphatic carbocycles. The Morgan fingerprint density at radius 2 is 1.74 bits per heavy atom. The summed E-state index contributed by atoms with van der Waals surface area (Å²) in [7, 11) is -4.00. The number of benzene rings is 3. The van der Waals surface area contributed by atoms with Gasteiger partial charge >= 0.3 is 5.97 Å². The third-order valence-electron chi connectivity index (χ3n) is 4.56. The van der Waals surface area contributed by atoms with Crippen molar-refractivity contribution in [2.24, 2.45) is 0 Å². The van der Waals surface area contributed by atoms with Crippen LogP contribution in [0.2, 0.25) is 0 Å². The van der Waals surface area contributed by atoms with Gasteiger partial charge in [-0.25, -0.2) is 8.42 Å². The van der Waals surface area contributed by atoms with Crippen LogP contribution >= 0.6 is 0 Å². The SMILES string of the molecule is Cc1ccc(C[C@H](NS(=O)(=O)c2cccc3ccccc23)C(=O)O)c(C)c1. The summed E-state index contributed by atoms with van der Waals surface area (Å²) in [4.78, 5) is 11.8. The number of fused-ring (bicyclic) bond motifs is 1. The Hall–Kier alpha value is -2.70. The molecule has 5 nitrogen and oxygen atoms in total. The molecule has 0 unspecified atom stereocenters. The first-order valence-electron chi connectivity index (χ1n) is 8.57. The lowest BCUT2D eigenvalue weighted by Crippen LogP contribution is -2.42. The Kier molecular flexibility index (Phi) is 5.30. The molecular weight excluding hydrogens is 362 g/mol. The molecule has 0 aromatic heterocycles. The number of sulfonamides is 1. The summed E-state index contributed by atoms with van der Waals surface area (Å²) in [5, 5.41) is 10.9. The van der Waals surface area contributed by atoms with Crippen LogP contribution in [0.15, 0.2) is 65.6 Å². The van der Waals surface area contributed by atoms with Crippen LogP contribution in [0, 0.1) is 13.8 Å². The first kappa shape index (κ1) is 19.1. The molecule has 0 bridgehead atoms. The van der Waals surface area contributed by atoms with Gasteiger partial charge in [0.05, 0.1) is 4.90 Å². The van der Waals surface area contributed by atoms with E-state index >= 15 is 0 Å². The van der Waals surface area contributed by atoms with E-state index in [-0.39, 0.29) is 11.3 Å². The molecule has 0 spiro atoms. The fourth-order valence-electron chi connectivity index (χ4n) is 3.15. The zero-order valence-corrected chi connectivity index (χ0v) is 16.0. The van der Waals surface area contributed by atoms with Gasteiger partial charge in [-0.05, 0) is 42.8 Å². The third kappa shape index (κ3) is 4.18. The number of hydrogen-bond acceptors (Lipinski definition) is 3. The van der Waals surface area contributed by atoms with Gasteiger partial charge in [0.2, 0.25) is 10.0 Å². The molecule has 0 aliphatic heterocycles. The van der Waals surface area contributed by atoms with Crippen molar-refractivity contribution in [1.82, 2.24) is 4.72 Å². The van der Waals surface area contributed by atoms with E-state index in [4.69, 9.17) is 0 Å². The van der Waals surface area contributed by atoms with Gasteiger partial charge in [-0.2, -0.15) is 4.72 Å². The summed E-state index contributed by atoms with van der Waals surface area (Å²) < 4.78 is 28.2. The maximum absolute atomic E-state index is 12.9. The number of carboxylic acid groups (broad SMARTS) is 1. The summed E-state index contributed by atoms with van der Waals surface area (Å²) in [5.74, 6) is -1.21. The summed E-state index contributed by atoms with van der Waals surface area (Å²) in [6.07, 6.45) is 0.0748. The number of hydrogen-bond donors (Lipinski definition) is 2. The van der Waals surface area contributed by atoms with E-state index in [1.54, 1.807) is 18.2 Å². The lowest BCUT2D eigenvalue weighted by Gasteiger charge is -2.17. The van der Waals surface area contributed by atoms with Gasteiger partial charge in [0.25, 0.3) is 0 Å². The van der Waals surface area contributed by atoms with Crippen molar-refractivity contribution in [2.45, 2.75) is 31.2 Å². The number of carbonyl (C=O) groups is 1. The number of aliphatic carboxylic acids is 1. The predicted octanol–water partition coefficient (Wildman–Crippen LogP) is 3.43. The highest BCUT2D eigenvalue weighted by Gasteiger charge is 2.27. The van der Waals surface area contributed by atoms with Gasteiger partial charge in [-0.1, -0.05) is 60.2 Å². The molecule has 0 aliphatic rings. The summed E-state index contributed by atoms with van der Waals surface area (Å²) in [6, 6.07) is 16.5. The van der Waals surface area contributed by atoms with Crippen LogP contribution in [0.4, 0.5) is 0 Å². The first-order chi connectivity index (χ1) is 12.8. The molecule has 3 aromatic carbocycles. The average Bonchev–Trinajstić information content (AvgIpc) is 2.62. The molecule has 2 N–H and O–H groups in total. The molecule has 6 heteroatoms. The van der Waals surface area contributed by atoms with Gasteiger partial charge in [-0.15, -0.1) is 0 Å². The Morgan fingerprint density at radius 3 is 2.44 bits per heavy atom. The third-order valence-corrected chi connectivity index (χ3v) is 6.09. The first-order valence-corrected chi connectivity index (χ1v) is 10.1. The van der Waals surface area contributed by atoms with Gasteiger partial charge in [0.1, 0.15) is 6.04 Å². The second-order valence-corrected chi connectivity index (χ2v) is 8.31. The fourth-order valence-corrected chi connectivity index (χ4v) is 4.57. The Bertz CT molecular complexity index is 1100. The fraction of sp³-hybridized carbons (Fsp3) is 0.190. The maximum atomic E-state index is 12.9. The number of rotatable bonds is 6. The highest BCUT2D eigenvalue weighted by atomic mass is 32.2. The molecular formula is C21H21NO4S. The summed E-state index contributed by atoms with van der Waals surface area (Å²) >= 11 is 0. The quantitative estimate of drug-likeness (QED) is 0.683. The normalized spacial score (nSPS) is 12.8. The zero-order valence-electron chi connectivity index (χ0n) is 15.1. The Morgan fingerprint density at radius 1 is 1.04 bits per heavy atom. The van der Waals surface area contributed by atoms with Crippen LogP contribution in [0.25, 0.3) is 10.8 Å². The number of carboxylic acids is 1. The maximum Gasteiger partial charge on any atom is 0.322 e. The molecule has 0 amide bonds. The lowest BCUT2D eigenvalue weighted by atomic mass is 10.00. The van der Waals surface area contributed by atoms with Crippen molar-refractivity contribution in [3.63, 3.8) is 0 Å². The van der Waals surface area contributed by atoms with E-state index in [9.17, 15) is 18.3 Å². The Balaban J connectivity index is 1.94. The van der Waals surface area contributed by atoms with Gasteiger partial charge in [-0.3, -0.25) is 4.79 Å². The smallest absolute Gasteiger partial charge is 0.322 e. The summed E-state index contributed by atoms with van der Waals surface area (Å²) in [5.41, 5.74) is 2.80. The van der Waals surface area contributed by atoms with E-state index < -0.39 is 22.0 Å². The second kappa shape index (κ2) is 7.50. The van der Waals surface area contributed by atoms with Crippen LogP contribution < -0.4 is 4.72 Å². The minimum atomic E-state index is -4.00. The van der Waals surface area contributed by atoms with Crippen molar-refractivity contribution in [3.8, 4) is 0 Å². The second-order valence-electron chi connectivity index (χ2n) is 6.62. The zero-order chi connectivity index (χ0) is 19.6. The monoisotopic (exact) mass is 383 g/mol. The molecule has 140 valence electrons. The molecule has 27 heavy (non-hydrogen) atoms. The molecule has 0 heterocycles. The van der Waals surface area contributed by atoms with Crippen LogP contribution in [-0.4, -0.2) is 25.5 Å². The molecule has 0 saturated heterocycles. The largest absolute Gasteiger partial charge is 0.480 e. The van der Waals surface area contributed by atoms with Gasteiger partial charge in [0, 0.05) is 5.39 Å². The topological polar surface area (TPSA) is 83.5 Å². The minimum absolute atomic E-state index is 0.0748. The number of nitrogens with one attached hydrogen (secondary N) is 1. The number of aryl methyl sites for hydroxylation is 2. The molecule has 0 fully saturated rings. The Labute approximate surface area is 158 Å². The van der Waals surface area contributed by atoms with Crippen LogP contribution in [-0.2, 0) is 21.2 Å². The van der Waals surface area contributed by atoms with Gasteiger partial charge in [0.15, 0.2) is 0 Å². The van der Waals surface area contributed by atoms with E-state index in [0.717, 1.165) is 22.1 Å². The molecule has 1 atom stereocenters. The average molecular weight is 383 g/mol. The molecule has 3 rings (SSSR count).